The van der Waals surface area contributed by atoms with E-state index in [-0.39, 0.29) is 16.9 Å². The van der Waals surface area contributed by atoms with Gasteiger partial charge in [-0.15, -0.1) is 0 Å². The van der Waals surface area contributed by atoms with E-state index in [1.54, 1.807) is 73.8 Å². The van der Waals surface area contributed by atoms with Crippen LogP contribution in [0.2, 0.25) is 5.02 Å². The van der Waals surface area contributed by atoms with Crippen LogP contribution < -0.4 is 20.7 Å². The topological polar surface area (TPSA) is 79.5 Å². The molecule has 31 heavy (non-hydrogen) atoms. The Hall–Kier alpha value is -2.94. The zero-order valence-electron chi connectivity index (χ0n) is 16.2. The van der Waals surface area contributed by atoms with Crippen LogP contribution in [0, 0.1) is 0 Å². The zero-order chi connectivity index (χ0) is 22.4. The molecular formula is C22H17BrClN3O3S. The van der Waals surface area contributed by atoms with Gasteiger partial charge in [0, 0.05) is 27.5 Å². The number of amides is 2. The van der Waals surface area contributed by atoms with Crippen molar-refractivity contribution in [1.82, 2.24) is 5.32 Å². The normalized spacial score (nSPS) is 10.2. The van der Waals surface area contributed by atoms with Crippen LogP contribution in [0.4, 0.5) is 11.4 Å². The van der Waals surface area contributed by atoms with Crippen LogP contribution in [-0.2, 0) is 0 Å². The van der Waals surface area contributed by atoms with Crippen LogP contribution in [0.15, 0.2) is 71.2 Å². The van der Waals surface area contributed by atoms with Gasteiger partial charge in [0.1, 0.15) is 5.75 Å². The van der Waals surface area contributed by atoms with Gasteiger partial charge in [0.05, 0.1) is 11.6 Å². The Balaban J connectivity index is 1.63. The Kier molecular flexibility index (Phi) is 7.62. The molecule has 0 aliphatic rings. The molecule has 3 aromatic carbocycles. The SMILES string of the molecule is COc1ccc(C(=O)NC(=S)Nc2cccc(C(=O)Nc3cccc(Cl)c3)c2)cc1Br. The molecule has 3 rings (SSSR count). The highest BCUT2D eigenvalue weighted by Crippen LogP contribution is 2.25. The third-order valence-corrected chi connectivity index (χ3v) is 5.17. The molecule has 0 heterocycles. The number of thiocarbonyl (C=S) groups is 1. The molecule has 6 nitrogen and oxygen atoms in total. The summed E-state index contributed by atoms with van der Waals surface area (Å²) in [5.74, 6) is -0.0650. The first-order valence-corrected chi connectivity index (χ1v) is 10.6. The van der Waals surface area contributed by atoms with Gasteiger partial charge in [-0.3, -0.25) is 14.9 Å². The number of hydrogen-bond acceptors (Lipinski definition) is 4. The molecular weight excluding hydrogens is 502 g/mol. The number of carbonyl (C=O) groups excluding carboxylic acids is 2. The van der Waals surface area contributed by atoms with Crippen molar-refractivity contribution in [2.75, 3.05) is 17.7 Å². The van der Waals surface area contributed by atoms with Crippen molar-refractivity contribution >= 4 is 68.1 Å². The summed E-state index contributed by atoms with van der Waals surface area (Å²) in [7, 11) is 1.54. The van der Waals surface area contributed by atoms with Crippen molar-refractivity contribution in [3.63, 3.8) is 0 Å². The van der Waals surface area contributed by atoms with Crippen molar-refractivity contribution in [2.45, 2.75) is 0 Å². The van der Waals surface area contributed by atoms with Crippen molar-refractivity contribution in [1.29, 1.82) is 0 Å². The van der Waals surface area contributed by atoms with Crippen LogP contribution in [0.5, 0.6) is 5.75 Å². The summed E-state index contributed by atoms with van der Waals surface area (Å²) in [6.07, 6.45) is 0. The molecule has 0 atom stereocenters. The Morgan fingerprint density at radius 1 is 0.903 bits per heavy atom. The number of carbonyl (C=O) groups is 2. The standard InChI is InChI=1S/C22H17BrClN3O3S/c1-30-19-9-8-14(11-18(19)23)21(29)27-22(31)26-16-6-2-4-13(10-16)20(28)25-17-7-3-5-15(24)12-17/h2-12H,1H3,(H,25,28)(H2,26,27,29,31). The summed E-state index contributed by atoms with van der Waals surface area (Å²) in [4.78, 5) is 24.9. The van der Waals surface area contributed by atoms with Gasteiger partial charge in [-0.25, -0.2) is 0 Å². The fourth-order valence-electron chi connectivity index (χ4n) is 2.65. The quantitative estimate of drug-likeness (QED) is 0.389. The van der Waals surface area contributed by atoms with Crippen molar-refractivity contribution in [3.8, 4) is 5.75 Å². The maximum absolute atomic E-state index is 12.5. The highest BCUT2D eigenvalue weighted by Gasteiger charge is 2.12. The second-order valence-electron chi connectivity index (χ2n) is 6.30. The molecule has 0 aliphatic heterocycles. The highest BCUT2D eigenvalue weighted by atomic mass is 79.9. The minimum Gasteiger partial charge on any atom is -0.496 e. The van der Waals surface area contributed by atoms with E-state index in [0.717, 1.165) is 0 Å². The van der Waals surface area contributed by atoms with Crippen LogP contribution in [0.1, 0.15) is 20.7 Å². The van der Waals surface area contributed by atoms with Crippen molar-refractivity contribution in [3.05, 3.63) is 87.4 Å². The smallest absolute Gasteiger partial charge is 0.257 e. The molecule has 0 aromatic heterocycles. The monoisotopic (exact) mass is 517 g/mol. The fraction of sp³-hybridized carbons (Fsp3) is 0.0455. The van der Waals surface area contributed by atoms with Crippen molar-refractivity contribution < 1.29 is 14.3 Å². The molecule has 9 heteroatoms. The summed E-state index contributed by atoms with van der Waals surface area (Å²) < 4.78 is 5.81. The van der Waals surface area contributed by atoms with Crippen molar-refractivity contribution in [2.24, 2.45) is 0 Å². The number of ether oxygens (including phenoxy) is 1. The number of halogens is 2. The molecule has 0 unspecified atom stereocenters. The van der Waals surface area contributed by atoms with Gasteiger partial charge in [0.2, 0.25) is 0 Å². The largest absolute Gasteiger partial charge is 0.496 e. The molecule has 2 amide bonds. The molecule has 0 fully saturated rings. The van der Waals surface area contributed by atoms with Crippen LogP contribution >= 0.6 is 39.7 Å². The van der Waals surface area contributed by atoms with E-state index in [9.17, 15) is 9.59 Å². The summed E-state index contributed by atoms with van der Waals surface area (Å²) in [5, 5.41) is 8.93. The maximum Gasteiger partial charge on any atom is 0.257 e. The average Bonchev–Trinajstić information content (AvgIpc) is 2.73. The molecule has 0 spiro atoms. The lowest BCUT2D eigenvalue weighted by molar-refractivity contribution is 0.0976. The van der Waals surface area contributed by atoms with Crippen LogP contribution in [0.3, 0.4) is 0 Å². The predicted octanol–water partition coefficient (Wildman–Crippen LogP) is 5.49. The number of anilines is 2. The second-order valence-corrected chi connectivity index (χ2v) is 8.00. The van der Waals surface area contributed by atoms with E-state index in [1.165, 1.54) is 0 Å². The summed E-state index contributed by atoms with van der Waals surface area (Å²) in [5.41, 5.74) is 1.97. The molecule has 0 aliphatic carbocycles. The van der Waals surface area contributed by atoms with Gasteiger partial charge in [-0.2, -0.15) is 0 Å². The Morgan fingerprint density at radius 3 is 2.26 bits per heavy atom. The Bertz CT molecular complexity index is 1160. The minimum absolute atomic E-state index is 0.101. The lowest BCUT2D eigenvalue weighted by Gasteiger charge is -2.12. The zero-order valence-corrected chi connectivity index (χ0v) is 19.4. The van der Waals surface area contributed by atoms with Gasteiger partial charge in [0.15, 0.2) is 5.11 Å². The number of rotatable bonds is 5. The molecule has 0 saturated carbocycles. The van der Waals surface area contributed by atoms with E-state index < -0.39 is 0 Å². The predicted molar refractivity (Wildman–Crippen MR) is 130 cm³/mol. The average molecular weight is 519 g/mol. The lowest BCUT2D eigenvalue weighted by atomic mass is 10.2. The first kappa shape index (κ1) is 22.7. The summed E-state index contributed by atoms with van der Waals surface area (Å²) >= 11 is 14.5. The second kappa shape index (κ2) is 10.4. The number of benzene rings is 3. The number of nitrogens with one attached hydrogen (secondary N) is 3. The van der Waals surface area contributed by atoms with E-state index in [2.05, 4.69) is 31.9 Å². The van der Waals surface area contributed by atoms with E-state index in [0.29, 0.717) is 37.7 Å². The molecule has 158 valence electrons. The lowest BCUT2D eigenvalue weighted by Crippen LogP contribution is -2.34. The van der Waals surface area contributed by atoms with Gasteiger partial charge >= 0.3 is 0 Å². The highest BCUT2D eigenvalue weighted by molar-refractivity contribution is 9.10. The Labute approximate surface area is 198 Å². The van der Waals surface area contributed by atoms with Gasteiger partial charge in [0.25, 0.3) is 11.8 Å². The van der Waals surface area contributed by atoms with E-state index >= 15 is 0 Å². The number of methoxy groups -OCH3 is 1. The third kappa shape index (κ3) is 6.27. The molecule has 0 radical (unpaired) electrons. The molecule has 3 N–H and O–H groups in total. The minimum atomic E-state index is -0.379. The molecule has 0 saturated heterocycles. The van der Waals surface area contributed by atoms with E-state index in [1.807, 2.05) is 0 Å². The molecule has 3 aromatic rings. The van der Waals surface area contributed by atoms with Crippen LogP contribution in [0.25, 0.3) is 0 Å². The fourth-order valence-corrected chi connectivity index (χ4v) is 3.59. The van der Waals surface area contributed by atoms with Crippen LogP contribution in [-0.4, -0.2) is 24.0 Å². The molecule has 0 bridgehead atoms. The first-order valence-electron chi connectivity index (χ1n) is 8.98. The third-order valence-electron chi connectivity index (χ3n) is 4.11. The first-order chi connectivity index (χ1) is 14.9. The van der Waals surface area contributed by atoms with E-state index in [4.69, 9.17) is 28.6 Å². The summed E-state index contributed by atoms with van der Waals surface area (Å²) in [6, 6.07) is 18.6. The maximum atomic E-state index is 12.5. The van der Waals surface area contributed by atoms with Gasteiger partial charge in [-0.05, 0) is 82.7 Å². The van der Waals surface area contributed by atoms with Gasteiger partial charge in [-0.1, -0.05) is 23.7 Å². The summed E-state index contributed by atoms with van der Waals surface area (Å²) in [6.45, 7) is 0. The number of hydrogen-bond donors (Lipinski definition) is 3. The van der Waals surface area contributed by atoms with Gasteiger partial charge < -0.3 is 15.4 Å². The Morgan fingerprint density at radius 2 is 1.58 bits per heavy atom.